The quantitative estimate of drug-likeness (QED) is 0.607. The van der Waals surface area contributed by atoms with E-state index in [1.165, 1.54) is 30.3 Å². The number of aryl methyl sites for hydroxylation is 1. The second kappa shape index (κ2) is 9.55. The van der Waals surface area contributed by atoms with Crippen molar-refractivity contribution in [2.45, 2.75) is 33.7 Å². The van der Waals surface area contributed by atoms with Gasteiger partial charge in [-0.05, 0) is 55.8 Å². The summed E-state index contributed by atoms with van der Waals surface area (Å²) in [4.78, 5) is 37.1. The number of nitrogens with zero attached hydrogens (tertiary/aromatic N) is 2. The summed E-state index contributed by atoms with van der Waals surface area (Å²) in [5, 5.41) is 9.92. The van der Waals surface area contributed by atoms with Crippen molar-refractivity contribution in [2.24, 2.45) is 5.92 Å². The topological polar surface area (TPSA) is 93.1 Å². The molecule has 2 aromatic carbocycles. The number of nitrogens with one attached hydrogen (secondary N) is 2. The normalized spacial score (nSPS) is 11.8. The number of rotatable bonds is 6. The smallest absolute Gasteiger partial charge is 0.267 e. The van der Waals surface area contributed by atoms with E-state index in [0.29, 0.717) is 22.6 Å². The van der Waals surface area contributed by atoms with Crippen LogP contribution < -0.4 is 16.2 Å². The molecule has 1 aromatic heterocycles. The zero-order valence-electron chi connectivity index (χ0n) is 18.3. The van der Waals surface area contributed by atoms with Gasteiger partial charge in [-0.1, -0.05) is 26.0 Å². The lowest BCUT2D eigenvalue weighted by Crippen LogP contribution is -2.33. The van der Waals surface area contributed by atoms with Gasteiger partial charge in [0.1, 0.15) is 11.9 Å². The number of hydrogen-bond acceptors (Lipinski definition) is 4. The van der Waals surface area contributed by atoms with Crippen LogP contribution in [0.15, 0.2) is 59.4 Å². The summed E-state index contributed by atoms with van der Waals surface area (Å²) in [6, 6.07) is 12.8. The first-order valence-corrected chi connectivity index (χ1v) is 10.2. The van der Waals surface area contributed by atoms with E-state index in [0.717, 1.165) is 10.2 Å². The maximum Gasteiger partial charge on any atom is 0.267 e. The van der Waals surface area contributed by atoms with Crippen LogP contribution in [-0.2, 0) is 9.59 Å². The second-order valence-electron chi connectivity index (χ2n) is 7.85. The molecule has 0 fully saturated rings. The van der Waals surface area contributed by atoms with Gasteiger partial charge in [0.15, 0.2) is 0 Å². The molecule has 8 heteroatoms. The van der Waals surface area contributed by atoms with Gasteiger partial charge in [0, 0.05) is 28.9 Å². The molecule has 1 heterocycles. The molecule has 3 rings (SSSR count). The third kappa shape index (κ3) is 5.26. The molecule has 0 radical (unpaired) electrons. The first-order valence-electron chi connectivity index (χ1n) is 10.2. The van der Waals surface area contributed by atoms with Crippen LogP contribution >= 0.6 is 0 Å². The third-order valence-corrected chi connectivity index (χ3v) is 5.00. The average Bonchev–Trinajstić information content (AvgIpc) is 2.76. The van der Waals surface area contributed by atoms with Gasteiger partial charge >= 0.3 is 0 Å². The molecule has 3 aromatic rings. The standard InChI is InChI=1S/C24H25FN4O3/c1-14(2)23(31)27-21-13-17(6-5-15(21)3)20-11-12-22(30)29(28-20)16(4)24(32)26-19-9-7-18(25)8-10-19/h5-14,16H,1-4H3,(H,26,32)(H,27,31). The first kappa shape index (κ1) is 22.9. The van der Waals surface area contributed by atoms with E-state index >= 15 is 0 Å². The monoisotopic (exact) mass is 436 g/mol. The number of carbonyl (C=O) groups is 2. The van der Waals surface area contributed by atoms with Crippen molar-refractivity contribution in [2.75, 3.05) is 10.6 Å². The van der Waals surface area contributed by atoms with Crippen molar-refractivity contribution in [3.8, 4) is 11.3 Å². The van der Waals surface area contributed by atoms with Gasteiger partial charge in [0.2, 0.25) is 11.8 Å². The fourth-order valence-electron chi connectivity index (χ4n) is 2.94. The molecule has 0 saturated carbocycles. The lowest BCUT2D eigenvalue weighted by atomic mass is 10.1. The summed E-state index contributed by atoms with van der Waals surface area (Å²) in [5.74, 6) is -1.14. The van der Waals surface area contributed by atoms with Crippen molar-refractivity contribution < 1.29 is 14.0 Å². The van der Waals surface area contributed by atoms with Crippen LogP contribution in [0.3, 0.4) is 0 Å². The summed E-state index contributed by atoms with van der Waals surface area (Å²) in [5.41, 5.74) is 2.69. The summed E-state index contributed by atoms with van der Waals surface area (Å²) in [7, 11) is 0. The Morgan fingerprint density at radius 1 is 0.938 bits per heavy atom. The van der Waals surface area contributed by atoms with Crippen molar-refractivity contribution in [3.63, 3.8) is 0 Å². The van der Waals surface area contributed by atoms with Gasteiger partial charge in [-0.15, -0.1) is 0 Å². The molecule has 1 atom stereocenters. The zero-order valence-corrected chi connectivity index (χ0v) is 18.3. The molecule has 0 aliphatic heterocycles. The summed E-state index contributed by atoms with van der Waals surface area (Å²) in [6.45, 7) is 7.06. The lowest BCUT2D eigenvalue weighted by Gasteiger charge is -2.16. The van der Waals surface area contributed by atoms with E-state index in [9.17, 15) is 18.8 Å². The highest BCUT2D eigenvalue weighted by atomic mass is 19.1. The molecule has 1 unspecified atom stereocenters. The van der Waals surface area contributed by atoms with Crippen LogP contribution in [0.5, 0.6) is 0 Å². The molecule has 7 nitrogen and oxygen atoms in total. The molecule has 0 aliphatic carbocycles. The van der Waals surface area contributed by atoms with Gasteiger partial charge in [0.05, 0.1) is 5.69 Å². The SMILES string of the molecule is Cc1ccc(-c2ccc(=O)n(C(C)C(=O)Nc3ccc(F)cc3)n2)cc1NC(=O)C(C)C. The van der Waals surface area contributed by atoms with Crippen molar-refractivity contribution in [3.05, 3.63) is 76.3 Å². The van der Waals surface area contributed by atoms with E-state index in [4.69, 9.17) is 0 Å². The Labute approximate surface area is 185 Å². The molecule has 0 aliphatic rings. The zero-order chi connectivity index (χ0) is 23.4. The summed E-state index contributed by atoms with van der Waals surface area (Å²) < 4.78 is 14.2. The van der Waals surface area contributed by atoms with Crippen molar-refractivity contribution in [1.82, 2.24) is 9.78 Å². The highest BCUT2D eigenvalue weighted by Gasteiger charge is 2.19. The number of amides is 2. The Kier molecular flexibility index (Phi) is 6.82. The van der Waals surface area contributed by atoms with Crippen molar-refractivity contribution in [1.29, 1.82) is 0 Å². The Hall–Kier alpha value is -3.81. The maximum atomic E-state index is 13.1. The number of hydrogen-bond donors (Lipinski definition) is 2. The lowest BCUT2D eigenvalue weighted by molar-refractivity contribution is -0.119. The van der Waals surface area contributed by atoms with E-state index in [1.54, 1.807) is 19.1 Å². The van der Waals surface area contributed by atoms with E-state index in [1.807, 2.05) is 32.9 Å². The van der Waals surface area contributed by atoms with Gasteiger partial charge < -0.3 is 10.6 Å². The minimum absolute atomic E-state index is 0.103. The number of halogens is 1. The Morgan fingerprint density at radius 2 is 1.62 bits per heavy atom. The van der Waals surface area contributed by atoms with Crippen LogP contribution in [0.25, 0.3) is 11.3 Å². The second-order valence-corrected chi connectivity index (χ2v) is 7.85. The van der Waals surface area contributed by atoms with E-state index in [-0.39, 0.29) is 11.8 Å². The molecule has 0 spiro atoms. The molecule has 32 heavy (non-hydrogen) atoms. The Bertz CT molecular complexity index is 1200. The number of benzene rings is 2. The Balaban J connectivity index is 1.88. The minimum atomic E-state index is -0.905. The van der Waals surface area contributed by atoms with Crippen LogP contribution in [0.2, 0.25) is 0 Å². The third-order valence-electron chi connectivity index (χ3n) is 5.00. The van der Waals surface area contributed by atoms with Gasteiger partial charge in [0.25, 0.3) is 5.56 Å². The number of carbonyl (C=O) groups excluding carboxylic acids is 2. The minimum Gasteiger partial charge on any atom is -0.326 e. The van der Waals surface area contributed by atoms with Crippen LogP contribution in [0.4, 0.5) is 15.8 Å². The predicted octanol–water partition coefficient (Wildman–Crippen LogP) is 4.15. The molecule has 0 saturated heterocycles. The first-order chi connectivity index (χ1) is 15.2. The van der Waals surface area contributed by atoms with Crippen LogP contribution in [0, 0.1) is 18.7 Å². The molecule has 2 N–H and O–H groups in total. The summed E-state index contributed by atoms with van der Waals surface area (Å²) in [6.07, 6.45) is 0. The van der Waals surface area contributed by atoms with E-state index in [2.05, 4.69) is 15.7 Å². The van der Waals surface area contributed by atoms with E-state index < -0.39 is 23.3 Å². The van der Waals surface area contributed by atoms with Gasteiger partial charge in [-0.25, -0.2) is 9.07 Å². The molecular weight excluding hydrogens is 411 g/mol. The number of anilines is 2. The number of aromatic nitrogens is 2. The molecule has 2 amide bonds. The van der Waals surface area contributed by atoms with Crippen LogP contribution in [0.1, 0.15) is 32.4 Å². The Morgan fingerprint density at radius 3 is 2.28 bits per heavy atom. The van der Waals surface area contributed by atoms with Gasteiger partial charge in [-0.3, -0.25) is 14.4 Å². The fraction of sp³-hybridized carbons (Fsp3) is 0.250. The summed E-state index contributed by atoms with van der Waals surface area (Å²) >= 11 is 0. The molecule has 166 valence electrons. The van der Waals surface area contributed by atoms with Crippen molar-refractivity contribution >= 4 is 23.2 Å². The molecule has 0 bridgehead atoms. The highest BCUT2D eigenvalue weighted by molar-refractivity contribution is 5.94. The molecular formula is C24H25FN4O3. The predicted molar refractivity (Wildman–Crippen MR) is 122 cm³/mol. The maximum absolute atomic E-state index is 13.1. The van der Waals surface area contributed by atoms with Crippen LogP contribution in [-0.4, -0.2) is 21.6 Å². The average molecular weight is 436 g/mol. The fourth-order valence-corrected chi connectivity index (χ4v) is 2.94. The largest absolute Gasteiger partial charge is 0.326 e. The highest BCUT2D eigenvalue weighted by Crippen LogP contribution is 2.24. The van der Waals surface area contributed by atoms with Gasteiger partial charge in [-0.2, -0.15) is 5.10 Å².